The lowest BCUT2D eigenvalue weighted by Gasteiger charge is -2.11. The Bertz CT molecular complexity index is 980. The zero-order chi connectivity index (χ0) is 18.5. The van der Waals surface area contributed by atoms with Crippen LogP contribution in [0.2, 0.25) is 0 Å². The molecule has 5 heteroatoms. The number of carbonyl (C=O) groups excluding carboxylic acids is 1. The van der Waals surface area contributed by atoms with Gasteiger partial charge in [0.15, 0.2) is 0 Å². The standard InChI is InChI=1S/C21H18FNO3/c1-2-26-21(25)18-13-16(11-14-7-6-10-17(22)12-14)20(24)23-19(18)15-8-4-3-5-9-15/h3-10,12-13H,2,11H2,1H3,(H,23,24). The predicted octanol–water partition coefficient (Wildman–Crippen LogP) is 3.95. The van der Waals surface area contributed by atoms with Crippen molar-refractivity contribution in [2.75, 3.05) is 6.61 Å². The lowest BCUT2D eigenvalue weighted by Crippen LogP contribution is -2.18. The topological polar surface area (TPSA) is 59.2 Å². The van der Waals surface area contributed by atoms with Gasteiger partial charge in [0.1, 0.15) is 5.82 Å². The molecule has 132 valence electrons. The molecule has 0 saturated heterocycles. The normalized spacial score (nSPS) is 10.5. The zero-order valence-electron chi connectivity index (χ0n) is 14.3. The van der Waals surface area contributed by atoms with Crippen LogP contribution in [0, 0.1) is 5.82 Å². The lowest BCUT2D eigenvalue weighted by molar-refractivity contribution is 0.0526. The first kappa shape index (κ1) is 17.6. The van der Waals surface area contributed by atoms with Gasteiger partial charge in [-0.15, -0.1) is 0 Å². The molecule has 3 aromatic rings. The number of hydrogen-bond acceptors (Lipinski definition) is 3. The third-order valence-electron chi connectivity index (χ3n) is 3.96. The van der Waals surface area contributed by atoms with Crippen molar-refractivity contribution in [1.82, 2.24) is 4.98 Å². The van der Waals surface area contributed by atoms with Gasteiger partial charge in [0.05, 0.1) is 17.9 Å². The largest absolute Gasteiger partial charge is 0.462 e. The summed E-state index contributed by atoms with van der Waals surface area (Å²) in [4.78, 5) is 27.7. The molecule has 1 heterocycles. The van der Waals surface area contributed by atoms with Crippen LogP contribution in [0.3, 0.4) is 0 Å². The van der Waals surface area contributed by atoms with Crippen molar-refractivity contribution >= 4 is 5.97 Å². The summed E-state index contributed by atoms with van der Waals surface area (Å²) in [5.74, 6) is -0.881. The van der Waals surface area contributed by atoms with E-state index in [0.717, 1.165) is 0 Å². The van der Waals surface area contributed by atoms with Crippen LogP contribution in [-0.4, -0.2) is 17.6 Å². The molecule has 0 amide bonds. The maximum Gasteiger partial charge on any atom is 0.340 e. The van der Waals surface area contributed by atoms with Gasteiger partial charge in [-0.2, -0.15) is 0 Å². The molecular formula is C21H18FNO3. The molecule has 1 N–H and O–H groups in total. The number of carbonyl (C=O) groups is 1. The van der Waals surface area contributed by atoms with Crippen LogP contribution in [0.1, 0.15) is 28.4 Å². The number of aromatic amines is 1. The number of nitrogens with one attached hydrogen (secondary N) is 1. The summed E-state index contributed by atoms with van der Waals surface area (Å²) in [7, 11) is 0. The average Bonchev–Trinajstić information content (AvgIpc) is 2.64. The van der Waals surface area contributed by atoms with Crippen molar-refractivity contribution in [2.24, 2.45) is 0 Å². The molecule has 4 nitrogen and oxygen atoms in total. The summed E-state index contributed by atoms with van der Waals surface area (Å²) < 4.78 is 18.5. The first-order valence-corrected chi connectivity index (χ1v) is 8.31. The Kier molecular flexibility index (Phi) is 5.27. The van der Waals surface area contributed by atoms with Gasteiger partial charge < -0.3 is 9.72 Å². The molecule has 0 unspecified atom stereocenters. The second kappa shape index (κ2) is 7.78. The Hall–Kier alpha value is -3.21. The van der Waals surface area contributed by atoms with E-state index in [2.05, 4.69) is 4.98 Å². The molecule has 0 atom stereocenters. The minimum Gasteiger partial charge on any atom is -0.462 e. The summed E-state index contributed by atoms with van der Waals surface area (Å²) in [5, 5.41) is 0. The highest BCUT2D eigenvalue weighted by atomic mass is 19.1. The number of aromatic nitrogens is 1. The maximum absolute atomic E-state index is 13.4. The number of pyridine rings is 1. The van der Waals surface area contributed by atoms with E-state index in [4.69, 9.17) is 4.74 Å². The Morgan fingerprint density at radius 1 is 1.08 bits per heavy atom. The van der Waals surface area contributed by atoms with Crippen LogP contribution in [0.25, 0.3) is 11.3 Å². The molecule has 0 fully saturated rings. The first-order chi connectivity index (χ1) is 12.6. The van der Waals surface area contributed by atoms with Crippen LogP contribution >= 0.6 is 0 Å². The SMILES string of the molecule is CCOC(=O)c1cc(Cc2cccc(F)c2)c(=O)[nH]c1-c1ccccc1. The van der Waals surface area contributed by atoms with Crippen LogP contribution in [0.5, 0.6) is 0 Å². The molecule has 0 radical (unpaired) electrons. The molecule has 0 bridgehead atoms. The smallest absolute Gasteiger partial charge is 0.340 e. The van der Waals surface area contributed by atoms with Gasteiger partial charge in [-0.05, 0) is 36.2 Å². The number of hydrogen-bond donors (Lipinski definition) is 1. The van der Waals surface area contributed by atoms with Crippen molar-refractivity contribution in [3.05, 3.63) is 93.5 Å². The Morgan fingerprint density at radius 3 is 2.54 bits per heavy atom. The number of halogens is 1. The minimum atomic E-state index is -0.511. The van der Waals surface area contributed by atoms with E-state index in [1.54, 1.807) is 31.2 Å². The third-order valence-corrected chi connectivity index (χ3v) is 3.96. The molecular weight excluding hydrogens is 333 g/mol. The number of benzene rings is 2. The van der Waals surface area contributed by atoms with E-state index in [9.17, 15) is 14.0 Å². The van der Waals surface area contributed by atoms with Gasteiger partial charge in [0, 0.05) is 12.0 Å². The number of rotatable bonds is 5. The van der Waals surface area contributed by atoms with E-state index in [1.165, 1.54) is 18.2 Å². The zero-order valence-corrected chi connectivity index (χ0v) is 14.3. The molecule has 0 spiro atoms. The number of H-pyrrole nitrogens is 1. The van der Waals surface area contributed by atoms with Crippen LogP contribution in [-0.2, 0) is 11.2 Å². The van der Waals surface area contributed by atoms with Gasteiger partial charge in [-0.25, -0.2) is 9.18 Å². The van der Waals surface area contributed by atoms with E-state index < -0.39 is 5.97 Å². The fourth-order valence-corrected chi connectivity index (χ4v) is 2.77. The van der Waals surface area contributed by atoms with Gasteiger partial charge in [0.2, 0.25) is 0 Å². The molecule has 0 saturated carbocycles. The van der Waals surface area contributed by atoms with Gasteiger partial charge in [-0.1, -0.05) is 42.5 Å². The van der Waals surface area contributed by atoms with Crippen molar-refractivity contribution in [3.63, 3.8) is 0 Å². The Balaban J connectivity index is 2.09. The first-order valence-electron chi connectivity index (χ1n) is 8.31. The Labute approximate surface area is 150 Å². The second-order valence-electron chi connectivity index (χ2n) is 5.81. The van der Waals surface area contributed by atoms with Crippen molar-refractivity contribution < 1.29 is 13.9 Å². The van der Waals surface area contributed by atoms with Gasteiger partial charge in [-0.3, -0.25) is 4.79 Å². The molecule has 1 aromatic heterocycles. The minimum absolute atomic E-state index is 0.217. The predicted molar refractivity (Wildman–Crippen MR) is 97.7 cm³/mol. The van der Waals surface area contributed by atoms with Crippen LogP contribution in [0.15, 0.2) is 65.5 Å². The van der Waals surface area contributed by atoms with Crippen molar-refractivity contribution in [1.29, 1.82) is 0 Å². The number of ether oxygens (including phenoxy) is 1. The van der Waals surface area contributed by atoms with E-state index in [0.29, 0.717) is 22.4 Å². The van der Waals surface area contributed by atoms with E-state index >= 15 is 0 Å². The fourth-order valence-electron chi connectivity index (χ4n) is 2.77. The van der Waals surface area contributed by atoms with Crippen molar-refractivity contribution in [2.45, 2.75) is 13.3 Å². The van der Waals surface area contributed by atoms with Crippen molar-refractivity contribution in [3.8, 4) is 11.3 Å². The highest BCUT2D eigenvalue weighted by Crippen LogP contribution is 2.22. The molecule has 26 heavy (non-hydrogen) atoms. The maximum atomic E-state index is 13.4. The highest BCUT2D eigenvalue weighted by molar-refractivity contribution is 5.96. The monoisotopic (exact) mass is 351 g/mol. The summed E-state index contributed by atoms with van der Waals surface area (Å²) in [6, 6.07) is 16.7. The molecule has 2 aromatic carbocycles. The van der Waals surface area contributed by atoms with E-state index in [-0.39, 0.29) is 30.0 Å². The highest BCUT2D eigenvalue weighted by Gasteiger charge is 2.18. The quantitative estimate of drug-likeness (QED) is 0.708. The lowest BCUT2D eigenvalue weighted by atomic mass is 10.0. The summed E-state index contributed by atoms with van der Waals surface area (Å²) in [6.07, 6.45) is 0.217. The van der Waals surface area contributed by atoms with Gasteiger partial charge in [0.25, 0.3) is 5.56 Å². The molecule has 3 rings (SSSR count). The third kappa shape index (κ3) is 3.88. The van der Waals surface area contributed by atoms with E-state index in [1.807, 2.05) is 18.2 Å². The van der Waals surface area contributed by atoms with Gasteiger partial charge >= 0.3 is 5.97 Å². The molecule has 0 aliphatic heterocycles. The second-order valence-corrected chi connectivity index (χ2v) is 5.81. The van der Waals surface area contributed by atoms with Crippen LogP contribution < -0.4 is 5.56 Å². The summed E-state index contributed by atoms with van der Waals surface area (Å²) in [5.41, 5.74) is 2.11. The average molecular weight is 351 g/mol. The molecule has 0 aliphatic rings. The fraction of sp³-hybridized carbons (Fsp3) is 0.143. The Morgan fingerprint density at radius 2 is 1.85 bits per heavy atom. The van der Waals surface area contributed by atoms with Crippen LogP contribution in [0.4, 0.5) is 4.39 Å². The summed E-state index contributed by atoms with van der Waals surface area (Å²) in [6.45, 7) is 1.95. The molecule has 0 aliphatic carbocycles. The summed E-state index contributed by atoms with van der Waals surface area (Å²) >= 11 is 0. The number of esters is 1.